The lowest BCUT2D eigenvalue weighted by molar-refractivity contribution is 0.549. The van der Waals surface area contributed by atoms with Crippen molar-refractivity contribution >= 4 is 5.69 Å². The Morgan fingerprint density at radius 2 is 1.89 bits per heavy atom. The Bertz CT molecular complexity index is 388. The average molecular weight is 266 g/mol. The highest BCUT2D eigenvalue weighted by atomic mass is 19.1. The molecule has 0 saturated carbocycles. The lowest BCUT2D eigenvalue weighted by Gasteiger charge is -2.24. The van der Waals surface area contributed by atoms with E-state index in [0.717, 1.165) is 24.2 Å². The molecule has 0 unspecified atom stereocenters. The van der Waals surface area contributed by atoms with Gasteiger partial charge < -0.3 is 10.2 Å². The van der Waals surface area contributed by atoms with E-state index in [1.54, 1.807) is 6.07 Å². The van der Waals surface area contributed by atoms with Crippen molar-refractivity contribution in [3.05, 3.63) is 29.6 Å². The zero-order valence-electron chi connectivity index (χ0n) is 12.8. The van der Waals surface area contributed by atoms with Gasteiger partial charge in [-0.2, -0.15) is 0 Å². The molecule has 108 valence electrons. The number of nitrogens with zero attached hydrogens (tertiary/aromatic N) is 1. The van der Waals surface area contributed by atoms with Gasteiger partial charge in [-0.1, -0.05) is 33.8 Å². The van der Waals surface area contributed by atoms with Crippen LogP contribution in [0.3, 0.4) is 0 Å². The molecule has 2 nitrogen and oxygen atoms in total. The van der Waals surface area contributed by atoms with Gasteiger partial charge in [0.1, 0.15) is 5.82 Å². The maximum Gasteiger partial charge on any atom is 0.129 e. The summed E-state index contributed by atoms with van der Waals surface area (Å²) in [6.45, 7) is 10.1. The van der Waals surface area contributed by atoms with Gasteiger partial charge in [-0.25, -0.2) is 4.39 Å². The molecule has 1 aromatic carbocycles. The molecule has 0 radical (unpaired) electrons. The molecule has 0 aromatic heterocycles. The van der Waals surface area contributed by atoms with E-state index in [0.29, 0.717) is 18.5 Å². The van der Waals surface area contributed by atoms with Crippen LogP contribution in [0.4, 0.5) is 10.1 Å². The number of hydrogen-bond acceptors (Lipinski definition) is 2. The van der Waals surface area contributed by atoms with Gasteiger partial charge in [0.2, 0.25) is 0 Å². The van der Waals surface area contributed by atoms with Gasteiger partial charge in [0.25, 0.3) is 0 Å². The monoisotopic (exact) mass is 266 g/mol. The molecule has 0 bridgehead atoms. The molecule has 1 aromatic rings. The van der Waals surface area contributed by atoms with Crippen LogP contribution in [0, 0.1) is 11.7 Å². The van der Waals surface area contributed by atoms with Crippen LogP contribution >= 0.6 is 0 Å². The number of anilines is 1. The van der Waals surface area contributed by atoms with Crippen molar-refractivity contribution in [2.75, 3.05) is 18.5 Å². The summed E-state index contributed by atoms with van der Waals surface area (Å²) in [6.07, 6.45) is 1.12. The molecule has 0 saturated heterocycles. The second-order valence-electron chi connectivity index (χ2n) is 5.88. The van der Waals surface area contributed by atoms with Gasteiger partial charge in [0.15, 0.2) is 0 Å². The Hall–Kier alpha value is -1.09. The standard InChI is InChI=1S/C16H27FN2/c1-12(2)9-10-19(5)16-8-6-7-15(17)14(16)11-18-13(3)4/h6-8,12-13,18H,9-11H2,1-5H3. The fourth-order valence-corrected chi connectivity index (χ4v) is 1.96. The number of benzene rings is 1. The predicted octanol–water partition coefficient (Wildman–Crippen LogP) is 3.81. The van der Waals surface area contributed by atoms with Crippen LogP contribution in [0.1, 0.15) is 39.7 Å². The maximum absolute atomic E-state index is 14.0. The number of halogens is 1. The lowest BCUT2D eigenvalue weighted by Crippen LogP contribution is -2.26. The van der Waals surface area contributed by atoms with Crippen molar-refractivity contribution in [1.29, 1.82) is 0 Å². The summed E-state index contributed by atoms with van der Waals surface area (Å²) < 4.78 is 14.0. The van der Waals surface area contributed by atoms with Gasteiger partial charge in [-0.3, -0.25) is 0 Å². The SMILES string of the molecule is CC(C)CCN(C)c1cccc(F)c1CNC(C)C. The Balaban J connectivity index is 2.83. The predicted molar refractivity (Wildman–Crippen MR) is 81.1 cm³/mol. The first-order valence-corrected chi connectivity index (χ1v) is 7.13. The summed E-state index contributed by atoms with van der Waals surface area (Å²) in [6, 6.07) is 5.68. The van der Waals surface area contributed by atoms with Crippen LogP contribution in [0.25, 0.3) is 0 Å². The summed E-state index contributed by atoms with van der Waals surface area (Å²) in [4.78, 5) is 2.15. The Morgan fingerprint density at radius 1 is 1.21 bits per heavy atom. The molecule has 0 spiro atoms. The normalized spacial score (nSPS) is 11.4. The minimum absolute atomic E-state index is 0.123. The molecule has 0 atom stereocenters. The minimum atomic E-state index is -0.123. The highest BCUT2D eigenvalue weighted by Crippen LogP contribution is 2.23. The van der Waals surface area contributed by atoms with Gasteiger partial charge >= 0.3 is 0 Å². The van der Waals surface area contributed by atoms with E-state index in [1.165, 1.54) is 6.07 Å². The molecule has 0 aliphatic rings. The van der Waals surface area contributed by atoms with E-state index in [4.69, 9.17) is 0 Å². The molecule has 0 heterocycles. The molecule has 1 N–H and O–H groups in total. The first-order valence-electron chi connectivity index (χ1n) is 7.13. The van der Waals surface area contributed by atoms with Crippen LogP contribution in [-0.4, -0.2) is 19.6 Å². The highest BCUT2D eigenvalue weighted by Gasteiger charge is 2.12. The number of nitrogens with one attached hydrogen (secondary N) is 1. The van der Waals surface area contributed by atoms with Crippen LogP contribution in [0.15, 0.2) is 18.2 Å². The Morgan fingerprint density at radius 3 is 2.47 bits per heavy atom. The second-order valence-corrected chi connectivity index (χ2v) is 5.88. The van der Waals surface area contributed by atoms with Crippen molar-refractivity contribution in [3.63, 3.8) is 0 Å². The van der Waals surface area contributed by atoms with Crippen molar-refractivity contribution < 1.29 is 4.39 Å². The molecule has 19 heavy (non-hydrogen) atoms. The van der Waals surface area contributed by atoms with Gasteiger partial charge in [-0.05, 0) is 24.5 Å². The fourth-order valence-electron chi connectivity index (χ4n) is 1.96. The van der Waals surface area contributed by atoms with Crippen LogP contribution in [0.2, 0.25) is 0 Å². The van der Waals surface area contributed by atoms with Crippen molar-refractivity contribution in [2.45, 2.75) is 46.7 Å². The fraction of sp³-hybridized carbons (Fsp3) is 0.625. The molecule has 0 aliphatic carbocycles. The maximum atomic E-state index is 14.0. The molecule has 3 heteroatoms. The molecular weight excluding hydrogens is 239 g/mol. The second kappa shape index (κ2) is 7.49. The summed E-state index contributed by atoms with van der Waals surface area (Å²) in [5.41, 5.74) is 1.76. The van der Waals surface area contributed by atoms with Gasteiger partial charge in [-0.15, -0.1) is 0 Å². The number of rotatable bonds is 7. The third-order valence-electron chi connectivity index (χ3n) is 3.23. The van der Waals surface area contributed by atoms with Gasteiger partial charge in [0, 0.05) is 37.4 Å². The van der Waals surface area contributed by atoms with Crippen LogP contribution in [-0.2, 0) is 6.54 Å². The zero-order chi connectivity index (χ0) is 14.4. The Labute approximate surface area is 117 Å². The van der Waals surface area contributed by atoms with E-state index in [2.05, 4.69) is 37.9 Å². The molecule has 0 fully saturated rings. The molecular formula is C16H27FN2. The van der Waals surface area contributed by atoms with E-state index >= 15 is 0 Å². The molecule has 1 rings (SSSR count). The average Bonchev–Trinajstić information content (AvgIpc) is 2.33. The summed E-state index contributed by atoms with van der Waals surface area (Å²) in [5, 5.41) is 3.30. The van der Waals surface area contributed by atoms with Crippen LogP contribution in [0.5, 0.6) is 0 Å². The van der Waals surface area contributed by atoms with E-state index in [1.807, 2.05) is 13.1 Å². The third kappa shape index (κ3) is 5.19. The quantitative estimate of drug-likeness (QED) is 0.807. The topological polar surface area (TPSA) is 15.3 Å². The van der Waals surface area contributed by atoms with E-state index < -0.39 is 0 Å². The highest BCUT2D eigenvalue weighted by molar-refractivity contribution is 5.53. The zero-order valence-corrected chi connectivity index (χ0v) is 12.8. The summed E-state index contributed by atoms with van der Waals surface area (Å²) in [5.74, 6) is 0.537. The van der Waals surface area contributed by atoms with E-state index in [-0.39, 0.29) is 5.82 Å². The third-order valence-corrected chi connectivity index (χ3v) is 3.23. The van der Waals surface area contributed by atoms with E-state index in [9.17, 15) is 4.39 Å². The molecule has 0 aliphatic heterocycles. The number of hydrogen-bond donors (Lipinski definition) is 1. The molecule has 0 amide bonds. The van der Waals surface area contributed by atoms with Crippen molar-refractivity contribution in [2.24, 2.45) is 5.92 Å². The van der Waals surface area contributed by atoms with Crippen molar-refractivity contribution in [3.8, 4) is 0 Å². The smallest absolute Gasteiger partial charge is 0.129 e. The van der Waals surface area contributed by atoms with Crippen LogP contribution < -0.4 is 10.2 Å². The first-order chi connectivity index (χ1) is 8.91. The van der Waals surface area contributed by atoms with Gasteiger partial charge in [0.05, 0.1) is 0 Å². The summed E-state index contributed by atoms with van der Waals surface area (Å²) >= 11 is 0. The Kier molecular flexibility index (Phi) is 6.29. The summed E-state index contributed by atoms with van der Waals surface area (Å²) in [7, 11) is 2.04. The first kappa shape index (κ1) is 16.0. The minimum Gasteiger partial charge on any atom is -0.374 e. The lowest BCUT2D eigenvalue weighted by atomic mass is 10.1. The largest absolute Gasteiger partial charge is 0.374 e. The van der Waals surface area contributed by atoms with Crippen molar-refractivity contribution in [1.82, 2.24) is 5.32 Å².